The number of rotatable bonds is 3. The van der Waals surface area contributed by atoms with E-state index in [0.717, 1.165) is 49.6 Å². The lowest BCUT2D eigenvalue weighted by atomic mass is 9.51. The van der Waals surface area contributed by atoms with Gasteiger partial charge in [-0.15, -0.1) is 0 Å². The lowest BCUT2D eigenvalue weighted by Gasteiger charge is -2.59. The normalized spacial score (nSPS) is 41.2. The fraction of sp³-hybridized carbons (Fsp3) is 0.714. The molecule has 2 aliphatic heterocycles. The van der Waals surface area contributed by atoms with Gasteiger partial charge in [0.2, 0.25) is 0 Å². The van der Waals surface area contributed by atoms with Crippen LogP contribution in [0.25, 0.3) is 0 Å². The van der Waals surface area contributed by atoms with E-state index in [2.05, 4.69) is 17.0 Å². The van der Waals surface area contributed by atoms with Crippen molar-refractivity contribution in [1.82, 2.24) is 4.90 Å². The van der Waals surface area contributed by atoms with Crippen LogP contribution in [0.4, 0.5) is 0 Å². The van der Waals surface area contributed by atoms with Crippen LogP contribution in [0.3, 0.4) is 0 Å². The number of hydrogen-bond acceptors (Lipinski definition) is 4. The molecule has 5 aliphatic rings. The molecule has 1 spiro atoms. The molecule has 1 N–H and O–H groups in total. The van der Waals surface area contributed by atoms with Crippen LogP contribution in [0.5, 0.6) is 11.5 Å². The minimum absolute atomic E-state index is 0.0137. The Morgan fingerprint density at radius 1 is 1.28 bits per heavy atom. The van der Waals surface area contributed by atoms with Crippen LogP contribution in [0.1, 0.15) is 43.2 Å². The molecular weight excluding hydrogens is 314 g/mol. The molecule has 1 aromatic rings. The molecule has 2 heterocycles. The van der Waals surface area contributed by atoms with Crippen LogP contribution in [0.2, 0.25) is 0 Å². The highest BCUT2D eigenvalue weighted by Gasteiger charge is 2.65. The van der Waals surface area contributed by atoms with E-state index in [1.807, 2.05) is 0 Å². The summed E-state index contributed by atoms with van der Waals surface area (Å²) in [5, 5.41) is 10.8. The predicted octanol–water partition coefficient (Wildman–Crippen LogP) is 2.51. The number of benzene rings is 1. The smallest absolute Gasteiger partial charge is 0.165 e. The minimum Gasteiger partial charge on any atom is -0.493 e. The first-order chi connectivity index (χ1) is 12.2. The van der Waals surface area contributed by atoms with Gasteiger partial charge in [-0.2, -0.15) is 0 Å². The van der Waals surface area contributed by atoms with E-state index in [0.29, 0.717) is 12.0 Å². The second-order valence-electron chi connectivity index (χ2n) is 8.92. The molecule has 4 nitrogen and oxygen atoms in total. The first-order valence-corrected chi connectivity index (χ1v) is 10.0. The Morgan fingerprint density at radius 3 is 2.96 bits per heavy atom. The summed E-state index contributed by atoms with van der Waals surface area (Å²) >= 11 is 0. The molecule has 3 fully saturated rings. The molecule has 4 heteroatoms. The lowest BCUT2D eigenvalue weighted by Crippen LogP contribution is -2.67. The molecule has 6 rings (SSSR count). The molecule has 3 aliphatic carbocycles. The van der Waals surface area contributed by atoms with Crippen LogP contribution in [-0.4, -0.2) is 48.5 Å². The number of aliphatic hydroxyl groups excluding tert-OH is 1. The standard InChI is InChI=1S/C21H27NO3/c1-24-17-7-4-13-10-15-14-5-6-16(23)20-21(14,18(13)19(17)25-20)8-9-22(15)11-12-2-3-12/h4,7,12,14-16,20,23H,2-3,5-6,8-11H2,1H3/t14-,15+,16?,20-,21-/m1/s1. The van der Waals surface area contributed by atoms with E-state index < -0.39 is 0 Å². The largest absolute Gasteiger partial charge is 0.493 e. The highest BCUT2D eigenvalue weighted by molar-refractivity contribution is 5.61. The second kappa shape index (κ2) is 4.92. The Balaban J connectivity index is 1.52. The number of piperidine rings is 1. The number of likely N-dealkylation sites (tertiary alicyclic amines) is 1. The average molecular weight is 341 g/mol. The molecule has 0 radical (unpaired) electrons. The molecule has 0 aromatic heterocycles. The van der Waals surface area contributed by atoms with Crippen LogP contribution in [-0.2, 0) is 11.8 Å². The summed E-state index contributed by atoms with van der Waals surface area (Å²) in [5.41, 5.74) is 2.84. The predicted molar refractivity (Wildman–Crippen MR) is 94.2 cm³/mol. The van der Waals surface area contributed by atoms with Crippen LogP contribution in [0, 0.1) is 11.8 Å². The third kappa shape index (κ3) is 1.80. The van der Waals surface area contributed by atoms with E-state index in [1.54, 1.807) is 7.11 Å². The monoisotopic (exact) mass is 341 g/mol. The summed E-state index contributed by atoms with van der Waals surface area (Å²) in [6.45, 7) is 2.43. The van der Waals surface area contributed by atoms with Gasteiger partial charge in [0.05, 0.1) is 13.2 Å². The van der Waals surface area contributed by atoms with Crippen LogP contribution in [0.15, 0.2) is 12.1 Å². The van der Waals surface area contributed by atoms with Crippen molar-refractivity contribution in [3.05, 3.63) is 23.3 Å². The molecular formula is C21H27NO3. The number of ether oxygens (including phenoxy) is 2. The van der Waals surface area contributed by atoms with Gasteiger partial charge >= 0.3 is 0 Å². The Morgan fingerprint density at radius 2 is 2.16 bits per heavy atom. The van der Waals surface area contributed by atoms with Gasteiger partial charge < -0.3 is 14.6 Å². The second-order valence-corrected chi connectivity index (χ2v) is 8.92. The molecule has 2 saturated carbocycles. The topological polar surface area (TPSA) is 41.9 Å². The third-order valence-electron chi connectivity index (χ3n) is 7.80. The van der Waals surface area contributed by atoms with E-state index in [4.69, 9.17) is 9.47 Å². The van der Waals surface area contributed by atoms with Gasteiger partial charge in [-0.3, -0.25) is 4.90 Å². The van der Waals surface area contributed by atoms with Crippen LogP contribution < -0.4 is 9.47 Å². The van der Waals surface area contributed by atoms with E-state index in [1.165, 1.54) is 30.5 Å². The average Bonchev–Trinajstić information content (AvgIpc) is 3.36. The van der Waals surface area contributed by atoms with Gasteiger partial charge in [-0.25, -0.2) is 0 Å². The van der Waals surface area contributed by atoms with Gasteiger partial charge in [0, 0.05) is 23.6 Å². The summed E-state index contributed by atoms with van der Waals surface area (Å²) in [4.78, 5) is 2.79. The van der Waals surface area contributed by atoms with Gasteiger partial charge in [0.15, 0.2) is 11.5 Å². The van der Waals surface area contributed by atoms with E-state index >= 15 is 0 Å². The molecule has 134 valence electrons. The van der Waals surface area contributed by atoms with Gasteiger partial charge in [-0.1, -0.05) is 6.07 Å². The van der Waals surface area contributed by atoms with Crippen molar-refractivity contribution in [3.8, 4) is 11.5 Å². The quantitative estimate of drug-likeness (QED) is 0.917. The summed E-state index contributed by atoms with van der Waals surface area (Å²) in [6, 6.07) is 4.95. The maximum atomic E-state index is 10.8. The zero-order chi connectivity index (χ0) is 16.8. The highest BCUT2D eigenvalue weighted by atomic mass is 16.5. The Hall–Kier alpha value is -1.26. The fourth-order valence-corrected chi connectivity index (χ4v) is 6.61. The summed E-state index contributed by atoms with van der Waals surface area (Å²) in [7, 11) is 1.72. The summed E-state index contributed by atoms with van der Waals surface area (Å²) in [6.07, 6.45) is 6.66. The third-order valence-corrected chi connectivity index (χ3v) is 7.80. The number of aliphatic hydroxyl groups is 1. The van der Waals surface area contributed by atoms with Crippen LogP contribution >= 0.6 is 0 Å². The molecule has 25 heavy (non-hydrogen) atoms. The first kappa shape index (κ1) is 14.9. The van der Waals surface area contributed by atoms with Crippen molar-refractivity contribution < 1.29 is 14.6 Å². The van der Waals surface area contributed by atoms with Gasteiger partial charge in [0.25, 0.3) is 0 Å². The Bertz CT molecular complexity index is 730. The van der Waals surface area contributed by atoms with Crippen molar-refractivity contribution in [1.29, 1.82) is 0 Å². The Labute approximate surface area is 149 Å². The van der Waals surface area contributed by atoms with E-state index in [9.17, 15) is 5.11 Å². The first-order valence-electron chi connectivity index (χ1n) is 10.0. The van der Waals surface area contributed by atoms with Crippen molar-refractivity contribution in [3.63, 3.8) is 0 Å². The van der Waals surface area contributed by atoms with Gasteiger partial charge in [0.1, 0.15) is 6.10 Å². The molecule has 1 aromatic carbocycles. The number of hydrogen-bond donors (Lipinski definition) is 1. The van der Waals surface area contributed by atoms with Crippen molar-refractivity contribution in [2.45, 2.75) is 62.2 Å². The fourth-order valence-electron chi connectivity index (χ4n) is 6.61. The van der Waals surface area contributed by atoms with E-state index in [-0.39, 0.29) is 17.6 Å². The van der Waals surface area contributed by atoms with Gasteiger partial charge in [-0.05, 0) is 68.5 Å². The maximum Gasteiger partial charge on any atom is 0.165 e. The van der Waals surface area contributed by atoms with Crippen molar-refractivity contribution in [2.75, 3.05) is 20.2 Å². The molecule has 2 bridgehead atoms. The molecule has 5 atom stereocenters. The van der Waals surface area contributed by atoms with Crippen molar-refractivity contribution in [2.24, 2.45) is 11.8 Å². The lowest BCUT2D eigenvalue weighted by molar-refractivity contribution is -0.105. The molecule has 1 unspecified atom stereocenters. The zero-order valence-corrected chi connectivity index (χ0v) is 14.9. The number of methoxy groups -OCH3 is 1. The summed E-state index contributed by atoms with van der Waals surface area (Å²) in [5.74, 6) is 3.33. The zero-order valence-electron chi connectivity index (χ0n) is 14.9. The minimum atomic E-state index is -0.352. The SMILES string of the molecule is COc1ccc2c3c1O[C@@H]1C(O)CC[C@@H]4[C@H](C2)N(CC2CC2)CC[C@@]314. The highest BCUT2D eigenvalue weighted by Crippen LogP contribution is 2.64. The molecule has 0 amide bonds. The number of nitrogens with zero attached hydrogens (tertiary/aromatic N) is 1. The molecule has 1 saturated heterocycles. The summed E-state index contributed by atoms with van der Waals surface area (Å²) < 4.78 is 12.1. The maximum absolute atomic E-state index is 10.8. The van der Waals surface area contributed by atoms with Crippen molar-refractivity contribution >= 4 is 0 Å². The Kier molecular flexibility index (Phi) is 2.92.